The molecule has 1 aromatic carbocycles. The maximum atomic E-state index is 4.91. The highest BCUT2D eigenvalue weighted by molar-refractivity contribution is 9.10. The molecule has 1 rings (SSSR count). The fourth-order valence-electron chi connectivity index (χ4n) is 1.78. The normalized spacial score (nSPS) is 12.2. The number of hydrogen-bond acceptors (Lipinski definition) is 1. The van der Waals surface area contributed by atoms with Gasteiger partial charge in [0.05, 0.1) is 0 Å². The van der Waals surface area contributed by atoms with E-state index < -0.39 is 8.24 Å². The van der Waals surface area contributed by atoms with Gasteiger partial charge in [0, 0.05) is 10.7 Å². The molecule has 0 aromatic heterocycles. The van der Waals surface area contributed by atoms with Crippen LogP contribution in [0.1, 0.15) is 26.3 Å². The molecule has 0 aliphatic rings. The van der Waals surface area contributed by atoms with Crippen LogP contribution >= 0.6 is 15.9 Å². The summed E-state index contributed by atoms with van der Waals surface area (Å²) in [7, 11) is -1.36. The van der Waals surface area contributed by atoms with Crippen molar-refractivity contribution in [1.29, 1.82) is 0 Å². The molecule has 0 amide bonds. The first-order valence-corrected chi connectivity index (χ1v) is 9.32. The van der Waals surface area contributed by atoms with Gasteiger partial charge in [-0.05, 0) is 35.8 Å². The van der Waals surface area contributed by atoms with Crippen molar-refractivity contribution in [3.05, 3.63) is 34.3 Å². The molecule has 0 aliphatic heterocycles. The van der Waals surface area contributed by atoms with E-state index in [-0.39, 0.29) is 0 Å². The second-order valence-electron chi connectivity index (χ2n) is 4.09. The minimum Gasteiger partial charge on any atom is -0.328 e. The molecule has 0 saturated carbocycles. The Hall–Kier alpha value is -0.413. The molecule has 0 radical (unpaired) electrons. The van der Waals surface area contributed by atoms with E-state index in [0.717, 1.165) is 4.47 Å². The van der Waals surface area contributed by atoms with Gasteiger partial charge in [-0.1, -0.05) is 48.8 Å². The fraction of sp³-hybridized carbons (Fsp3) is 0.462. The third-order valence-corrected chi connectivity index (χ3v) is 8.49. The van der Waals surface area contributed by atoms with E-state index in [1.807, 2.05) is 0 Å². The van der Waals surface area contributed by atoms with Crippen molar-refractivity contribution in [2.45, 2.75) is 38.9 Å². The second kappa shape index (κ2) is 6.35. The van der Waals surface area contributed by atoms with Crippen LogP contribution in [-0.4, -0.2) is 14.5 Å². The predicted octanol–water partition coefficient (Wildman–Crippen LogP) is 4.87. The number of halogens is 1. The molecule has 1 nitrogen and oxygen atoms in total. The number of rotatable bonds is 5. The zero-order valence-corrected chi connectivity index (χ0v) is 12.9. The van der Waals surface area contributed by atoms with Gasteiger partial charge in [-0.3, -0.25) is 0 Å². The van der Waals surface area contributed by atoms with Gasteiger partial charge in [0.2, 0.25) is 0 Å². The summed E-state index contributed by atoms with van der Waals surface area (Å²) in [4.78, 5) is 0. The maximum absolute atomic E-state index is 4.91. The van der Waals surface area contributed by atoms with Crippen LogP contribution in [0.4, 0.5) is 0 Å². The minimum absolute atomic E-state index is 1.12. The van der Waals surface area contributed by atoms with Crippen molar-refractivity contribution in [3.8, 4) is 0 Å². The van der Waals surface area contributed by atoms with E-state index in [1.165, 1.54) is 23.7 Å². The van der Waals surface area contributed by atoms with Crippen LogP contribution < -0.4 is 0 Å². The molecule has 1 aromatic rings. The van der Waals surface area contributed by atoms with Crippen LogP contribution in [0.5, 0.6) is 0 Å². The average Bonchev–Trinajstić information content (AvgIpc) is 2.34. The zero-order valence-electron chi connectivity index (χ0n) is 10.3. The van der Waals surface area contributed by atoms with Crippen LogP contribution in [0.25, 0.3) is 0 Å². The van der Waals surface area contributed by atoms with Crippen molar-refractivity contribution < 1.29 is 0 Å². The summed E-state index contributed by atoms with van der Waals surface area (Å²) < 4.78 is 6.03. The van der Waals surface area contributed by atoms with E-state index in [9.17, 15) is 0 Å². The summed E-state index contributed by atoms with van der Waals surface area (Å²) in [6.45, 7) is 6.83. The van der Waals surface area contributed by atoms with Crippen LogP contribution in [0.15, 0.2) is 33.4 Å². The van der Waals surface area contributed by atoms with E-state index in [4.69, 9.17) is 4.66 Å². The summed E-state index contributed by atoms with van der Waals surface area (Å²) in [5, 5.41) is 0. The molecule has 0 heterocycles. The van der Waals surface area contributed by atoms with Gasteiger partial charge in [-0.2, -0.15) is 0 Å². The van der Waals surface area contributed by atoms with Crippen LogP contribution in [0.3, 0.4) is 0 Å². The highest BCUT2D eigenvalue weighted by Crippen LogP contribution is 2.21. The quantitative estimate of drug-likeness (QED) is 0.543. The van der Waals surface area contributed by atoms with Gasteiger partial charge in [0.25, 0.3) is 0 Å². The smallest absolute Gasteiger partial charge is 0.180 e. The summed E-state index contributed by atoms with van der Waals surface area (Å²) in [6, 6.07) is 12.1. The van der Waals surface area contributed by atoms with Gasteiger partial charge in [0.15, 0.2) is 8.24 Å². The van der Waals surface area contributed by atoms with Crippen molar-refractivity contribution in [1.82, 2.24) is 0 Å². The minimum atomic E-state index is -1.36. The highest BCUT2D eigenvalue weighted by atomic mass is 79.9. The van der Waals surface area contributed by atoms with E-state index in [0.29, 0.717) is 0 Å². The standard InChI is InChI=1S/C13H20BrNSi/c1-4-16(5-2,6-3)15-11-12-7-9-13(14)10-8-12/h7-11H,4-6H2,1-3H3/b15-11+. The molecular weight excluding hydrogens is 278 g/mol. The number of nitrogens with zero attached hydrogens (tertiary/aromatic N) is 1. The monoisotopic (exact) mass is 297 g/mol. The first-order valence-electron chi connectivity index (χ1n) is 5.96. The lowest BCUT2D eigenvalue weighted by Crippen LogP contribution is -2.29. The molecule has 0 fully saturated rings. The maximum Gasteiger partial charge on any atom is 0.180 e. The summed E-state index contributed by atoms with van der Waals surface area (Å²) in [5.41, 5.74) is 1.20. The molecule has 0 N–H and O–H groups in total. The van der Waals surface area contributed by atoms with Crippen molar-refractivity contribution in [2.24, 2.45) is 4.66 Å². The van der Waals surface area contributed by atoms with Crippen LogP contribution in [0, 0.1) is 0 Å². The highest BCUT2D eigenvalue weighted by Gasteiger charge is 2.25. The van der Waals surface area contributed by atoms with Crippen molar-refractivity contribution in [2.75, 3.05) is 0 Å². The zero-order chi connectivity index (χ0) is 12.0. The molecular formula is C13H20BrNSi. The first kappa shape index (κ1) is 13.7. The summed E-state index contributed by atoms with van der Waals surface area (Å²) >= 11 is 3.44. The molecule has 16 heavy (non-hydrogen) atoms. The van der Waals surface area contributed by atoms with Crippen LogP contribution in [-0.2, 0) is 0 Å². The van der Waals surface area contributed by atoms with Gasteiger partial charge < -0.3 is 4.66 Å². The average molecular weight is 298 g/mol. The molecule has 0 atom stereocenters. The Bertz CT molecular complexity index is 333. The number of benzene rings is 1. The van der Waals surface area contributed by atoms with Crippen molar-refractivity contribution >= 4 is 30.4 Å². The van der Waals surface area contributed by atoms with E-state index in [1.54, 1.807) is 0 Å². The van der Waals surface area contributed by atoms with Gasteiger partial charge in [0.1, 0.15) is 0 Å². The Morgan fingerprint density at radius 3 is 2.00 bits per heavy atom. The molecule has 88 valence electrons. The van der Waals surface area contributed by atoms with Gasteiger partial charge in [-0.15, -0.1) is 0 Å². The van der Waals surface area contributed by atoms with E-state index in [2.05, 4.69) is 67.2 Å². The Balaban J connectivity index is 2.82. The van der Waals surface area contributed by atoms with E-state index >= 15 is 0 Å². The molecule has 0 unspecified atom stereocenters. The molecule has 0 spiro atoms. The molecule has 3 heteroatoms. The third-order valence-electron chi connectivity index (χ3n) is 3.33. The second-order valence-corrected chi connectivity index (χ2v) is 9.84. The Morgan fingerprint density at radius 2 is 1.56 bits per heavy atom. The molecule has 0 aliphatic carbocycles. The third kappa shape index (κ3) is 3.56. The summed E-state index contributed by atoms with van der Waals surface area (Å²) in [5.74, 6) is 0. The lowest BCUT2D eigenvalue weighted by atomic mass is 10.2. The Labute approximate surface area is 108 Å². The van der Waals surface area contributed by atoms with Gasteiger partial charge in [-0.25, -0.2) is 0 Å². The lowest BCUT2D eigenvalue weighted by Gasteiger charge is -2.21. The lowest BCUT2D eigenvalue weighted by molar-refractivity contribution is 1.15. The SMILES string of the molecule is CC[Si](CC)(CC)/N=C/c1ccc(Br)cc1. The predicted molar refractivity (Wildman–Crippen MR) is 78.9 cm³/mol. The molecule has 0 saturated heterocycles. The van der Waals surface area contributed by atoms with Gasteiger partial charge >= 0.3 is 0 Å². The Kier molecular flexibility index (Phi) is 5.42. The van der Waals surface area contributed by atoms with Crippen LogP contribution in [0.2, 0.25) is 18.1 Å². The fourth-order valence-corrected chi connectivity index (χ4v) is 4.52. The first-order chi connectivity index (χ1) is 7.65. The topological polar surface area (TPSA) is 12.4 Å². The largest absolute Gasteiger partial charge is 0.328 e. The number of hydrogen-bond donors (Lipinski definition) is 0. The Morgan fingerprint density at radius 1 is 1.06 bits per heavy atom. The van der Waals surface area contributed by atoms with Crippen molar-refractivity contribution in [3.63, 3.8) is 0 Å². The molecule has 0 bridgehead atoms. The summed E-state index contributed by atoms with van der Waals surface area (Å²) in [6.07, 6.45) is 2.06.